The molecule has 0 amide bonds. The maximum atomic E-state index is 5.52. The Labute approximate surface area is 108 Å². The van der Waals surface area contributed by atoms with E-state index in [1.807, 2.05) is 31.3 Å². The highest BCUT2D eigenvalue weighted by Gasteiger charge is 1.94. The predicted molar refractivity (Wildman–Crippen MR) is 72.2 cm³/mol. The monoisotopic (exact) mass is 254 g/mol. The lowest BCUT2D eigenvalue weighted by atomic mass is 10.3. The zero-order valence-electron chi connectivity index (χ0n) is 10.9. The average molecular weight is 254 g/mol. The van der Waals surface area contributed by atoms with Gasteiger partial charge in [0.25, 0.3) is 0 Å². The standard InChI is InChI=1S/C13H22N2O3/c1-15-12-2-4-13(5-3-12)18-11-10-17-9-8-16-7-6-14/h2-5,15H,6-11,14H2,1H3. The van der Waals surface area contributed by atoms with Gasteiger partial charge in [0.1, 0.15) is 12.4 Å². The van der Waals surface area contributed by atoms with Gasteiger partial charge >= 0.3 is 0 Å². The molecular formula is C13H22N2O3. The summed E-state index contributed by atoms with van der Waals surface area (Å²) < 4.78 is 16.0. The molecule has 102 valence electrons. The Balaban J connectivity index is 2.00. The number of hydrogen-bond acceptors (Lipinski definition) is 5. The first-order valence-electron chi connectivity index (χ1n) is 6.13. The third-order valence-corrected chi connectivity index (χ3v) is 2.27. The number of hydrogen-bond donors (Lipinski definition) is 2. The van der Waals surface area contributed by atoms with E-state index < -0.39 is 0 Å². The summed E-state index contributed by atoms with van der Waals surface area (Å²) in [4.78, 5) is 0. The van der Waals surface area contributed by atoms with Gasteiger partial charge in [0.2, 0.25) is 0 Å². The Morgan fingerprint density at radius 2 is 1.56 bits per heavy atom. The van der Waals surface area contributed by atoms with E-state index in [2.05, 4.69) is 5.32 Å². The van der Waals surface area contributed by atoms with Gasteiger partial charge in [-0.3, -0.25) is 0 Å². The number of rotatable bonds is 10. The van der Waals surface area contributed by atoms with Gasteiger partial charge in [-0.15, -0.1) is 0 Å². The van der Waals surface area contributed by atoms with Crippen LogP contribution in [0.5, 0.6) is 5.75 Å². The minimum Gasteiger partial charge on any atom is -0.491 e. The van der Waals surface area contributed by atoms with E-state index in [1.54, 1.807) is 0 Å². The highest BCUT2D eigenvalue weighted by Crippen LogP contribution is 2.14. The lowest BCUT2D eigenvalue weighted by Gasteiger charge is -2.08. The summed E-state index contributed by atoms with van der Waals surface area (Å²) in [6.45, 7) is 3.37. The summed E-state index contributed by atoms with van der Waals surface area (Å²) in [5.41, 5.74) is 6.35. The van der Waals surface area contributed by atoms with Crippen LogP contribution in [-0.2, 0) is 9.47 Å². The molecule has 5 nitrogen and oxygen atoms in total. The molecule has 0 heterocycles. The molecule has 0 radical (unpaired) electrons. The highest BCUT2D eigenvalue weighted by atomic mass is 16.5. The molecule has 0 saturated heterocycles. The van der Waals surface area contributed by atoms with Crippen molar-refractivity contribution in [1.82, 2.24) is 0 Å². The molecule has 0 aliphatic heterocycles. The first kappa shape index (κ1) is 14.8. The predicted octanol–water partition coefficient (Wildman–Crippen LogP) is 1.10. The van der Waals surface area contributed by atoms with Crippen LogP contribution in [0.15, 0.2) is 24.3 Å². The van der Waals surface area contributed by atoms with Crippen molar-refractivity contribution in [2.24, 2.45) is 5.73 Å². The molecule has 0 unspecified atom stereocenters. The topological polar surface area (TPSA) is 65.7 Å². The molecule has 18 heavy (non-hydrogen) atoms. The van der Waals surface area contributed by atoms with Gasteiger partial charge < -0.3 is 25.3 Å². The Bertz CT molecular complexity index is 304. The van der Waals surface area contributed by atoms with E-state index in [1.165, 1.54) is 0 Å². The fourth-order valence-electron chi connectivity index (χ4n) is 1.34. The van der Waals surface area contributed by atoms with Crippen LogP contribution >= 0.6 is 0 Å². The second kappa shape index (κ2) is 9.70. The van der Waals surface area contributed by atoms with Crippen molar-refractivity contribution >= 4 is 5.69 Å². The Hall–Kier alpha value is -1.30. The molecular weight excluding hydrogens is 232 g/mol. The summed E-state index contributed by atoms with van der Waals surface area (Å²) >= 11 is 0. The quantitative estimate of drug-likeness (QED) is 0.612. The van der Waals surface area contributed by atoms with Crippen molar-refractivity contribution < 1.29 is 14.2 Å². The van der Waals surface area contributed by atoms with E-state index >= 15 is 0 Å². The highest BCUT2D eigenvalue weighted by molar-refractivity contribution is 5.45. The van der Waals surface area contributed by atoms with Crippen LogP contribution in [0.3, 0.4) is 0 Å². The van der Waals surface area contributed by atoms with Crippen LogP contribution in [0.4, 0.5) is 5.69 Å². The Morgan fingerprint density at radius 3 is 2.17 bits per heavy atom. The first-order valence-corrected chi connectivity index (χ1v) is 6.13. The van der Waals surface area contributed by atoms with Crippen molar-refractivity contribution in [2.75, 3.05) is 51.9 Å². The summed E-state index contributed by atoms with van der Waals surface area (Å²) in [6, 6.07) is 7.79. The molecule has 0 atom stereocenters. The molecule has 1 rings (SSSR count). The molecule has 0 aromatic heterocycles. The third kappa shape index (κ3) is 6.44. The lowest BCUT2D eigenvalue weighted by Crippen LogP contribution is -2.14. The van der Waals surface area contributed by atoms with Crippen molar-refractivity contribution in [3.63, 3.8) is 0 Å². The van der Waals surface area contributed by atoms with Crippen LogP contribution in [0, 0.1) is 0 Å². The zero-order valence-corrected chi connectivity index (χ0v) is 10.9. The first-order chi connectivity index (χ1) is 8.86. The molecule has 1 aromatic rings. The van der Waals surface area contributed by atoms with Crippen LogP contribution in [0.1, 0.15) is 0 Å². The average Bonchev–Trinajstić information content (AvgIpc) is 2.42. The van der Waals surface area contributed by atoms with Crippen LogP contribution in [0.25, 0.3) is 0 Å². The molecule has 5 heteroatoms. The Kier molecular flexibility index (Phi) is 7.96. The maximum Gasteiger partial charge on any atom is 0.119 e. The molecule has 0 aliphatic carbocycles. The molecule has 0 saturated carbocycles. The van der Waals surface area contributed by atoms with Gasteiger partial charge in [-0.25, -0.2) is 0 Å². The van der Waals surface area contributed by atoms with E-state index in [0.717, 1.165) is 11.4 Å². The van der Waals surface area contributed by atoms with Crippen LogP contribution < -0.4 is 15.8 Å². The number of anilines is 1. The Morgan fingerprint density at radius 1 is 0.944 bits per heavy atom. The number of nitrogens with two attached hydrogens (primary N) is 1. The number of ether oxygens (including phenoxy) is 3. The summed E-state index contributed by atoms with van der Waals surface area (Å²) in [6.07, 6.45) is 0. The third-order valence-electron chi connectivity index (χ3n) is 2.27. The molecule has 0 bridgehead atoms. The SMILES string of the molecule is CNc1ccc(OCCOCCOCCN)cc1. The van der Waals surface area contributed by atoms with Gasteiger partial charge in [-0.05, 0) is 24.3 Å². The maximum absolute atomic E-state index is 5.52. The zero-order chi connectivity index (χ0) is 13.1. The van der Waals surface area contributed by atoms with Crippen molar-refractivity contribution in [3.05, 3.63) is 24.3 Å². The second-order valence-corrected chi connectivity index (χ2v) is 3.64. The van der Waals surface area contributed by atoms with E-state index in [0.29, 0.717) is 39.6 Å². The van der Waals surface area contributed by atoms with E-state index in [-0.39, 0.29) is 0 Å². The number of nitrogens with one attached hydrogen (secondary N) is 1. The van der Waals surface area contributed by atoms with Crippen LogP contribution in [0.2, 0.25) is 0 Å². The minimum atomic E-state index is 0.537. The summed E-state index contributed by atoms with van der Waals surface area (Å²) in [5, 5.41) is 3.05. The van der Waals surface area contributed by atoms with Crippen LogP contribution in [-0.4, -0.2) is 46.6 Å². The van der Waals surface area contributed by atoms with E-state index in [4.69, 9.17) is 19.9 Å². The van der Waals surface area contributed by atoms with Gasteiger partial charge in [-0.2, -0.15) is 0 Å². The summed E-state index contributed by atoms with van der Waals surface area (Å²) in [7, 11) is 1.89. The smallest absolute Gasteiger partial charge is 0.119 e. The lowest BCUT2D eigenvalue weighted by molar-refractivity contribution is 0.0388. The number of benzene rings is 1. The van der Waals surface area contributed by atoms with Gasteiger partial charge in [0.05, 0.1) is 26.4 Å². The molecule has 1 aromatic carbocycles. The fourth-order valence-corrected chi connectivity index (χ4v) is 1.34. The van der Waals surface area contributed by atoms with Crippen molar-refractivity contribution in [2.45, 2.75) is 0 Å². The second-order valence-electron chi connectivity index (χ2n) is 3.64. The van der Waals surface area contributed by atoms with Gasteiger partial charge in [0, 0.05) is 19.3 Å². The van der Waals surface area contributed by atoms with E-state index in [9.17, 15) is 0 Å². The molecule has 0 spiro atoms. The normalized spacial score (nSPS) is 10.3. The largest absolute Gasteiger partial charge is 0.491 e. The molecule has 0 aliphatic rings. The van der Waals surface area contributed by atoms with Crippen molar-refractivity contribution in [1.29, 1.82) is 0 Å². The molecule has 3 N–H and O–H groups in total. The van der Waals surface area contributed by atoms with Crippen molar-refractivity contribution in [3.8, 4) is 5.75 Å². The van der Waals surface area contributed by atoms with Gasteiger partial charge in [0.15, 0.2) is 0 Å². The summed E-state index contributed by atoms with van der Waals surface area (Å²) in [5.74, 6) is 0.844. The van der Waals surface area contributed by atoms with Gasteiger partial charge in [-0.1, -0.05) is 0 Å². The fraction of sp³-hybridized carbons (Fsp3) is 0.538. The molecule has 0 fully saturated rings. The minimum absolute atomic E-state index is 0.537.